The summed E-state index contributed by atoms with van der Waals surface area (Å²) in [6, 6.07) is 21.2. The Bertz CT molecular complexity index is 1640. The largest absolute Gasteiger partial charge is 0.494 e. The van der Waals surface area contributed by atoms with Gasteiger partial charge < -0.3 is 15.0 Å². The molecule has 1 heterocycles. The van der Waals surface area contributed by atoms with Crippen LogP contribution >= 0.6 is 22.9 Å². The lowest BCUT2D eigenvalue weighted by Crippen LogP contribution is -2.44. The first kappa shape index (κ1) is 29.6. The van der Waals surface area contributed by atoms with Crippen molar-refractivity contribution in [2.75, 3.05) is 19.9 Å². The van der Waals surface area contributed by atoms with Crippen molar-refractivity contribution in [2.24, 2.45) is 0 Å². The van der Waals surface area contributed by atoms with Crippen LogP contribution in [-0.2, 0) is 16.4 Å². The van der Waals surface area contributed by atoms with E-state index < -0.39 is 9.84 Å². The second-order valence-electron chi connectivity index (χ2n) is 10.5. The first-order valence-corrected chi connectivity index (χ1v) is 17.0. The summed E-state index contributed by atoms with van der Waals surface area (Å²) in [6.07, 6.45) is 4.99. The molecule has 1 aromatic heterocycles. The monoisotopic (exact) mass is 610 g/mol. The minimum absolute atomic E-state index is 0.0607. The van der Waals surface area contributed by atoms with Crippen molar-refractivity contribution in [1.82, 2.24) is 10.2 Å². The van der Waals surface area contributed by atoms with E-state index in [1.165, 1.54) is 17.6 Å². The number of nitrogens with one attached hydrogen (secondary N) is 1. The SMILES string of the molecule is CCOc1ccc(-c2ccc(S(C)(=O)=O)cc2)cc1CN(C(=O)c1sc2ccccc2c1Cl)C1CCC(NC)CC1. The molecule has 1 N–H and O–H groups in total. The molecule has 6 nitrogen and oxygen atoms in total. The van der Waals surface area contributed by atoms with Crippen molar-refractivity contribution in [1.29, 1.82) is 0 Å². The third-order valence-corrected chi connectivity index (χ3v) is 10.6. The first-order valence-electron chi connectivity index (χ1n) is 13.9. The first-order chi connectivity index (χ1) is 19.7. The Balaban J connectivity index is 1.53. The Kier molecular flexibility index (Phi) is 9.04. The number of benzene rings is 3. The van der Waals surface area contributed by atoms with Crippen LogP contribution < -0.4 is 10.1 Å². The molecule has 1 aliphatic carbocycles. The minimum atomic E-state index is -3.29. The van der Waals surface area contributed by atoms with Crippen LogP contribution in [0.1, 0.15) is 47.8 Å². The van der Waals surface area contributed by atoms with Gasteiger partial charge in [0.25, 0.3) is 5.91 Å². The van der Waals surface area contributed by atoms with E-state index in [4.69, 9.17) is 16.3 Å². The molecular formula is C32H35ClN2O4S2. The minimum Gasteiger partial charge on any atom is -0.494 e. The topological polar surface area (TPSA) is 75.7 Å². The number of hydrogen-bond donors (Lipinski definition) is 1. The third-order valence-electron chi connectivity index (χ3n) is 7.85. The molecule has 1 amide bonds. The van der Waals surface area contributed by atoms with Gasteiger partial charge in [0, 0.05) is 40.5 Å². The smallest absolute Gasteiger partial charge is 0.266 e. The summed E-state index contributed by atoms with van der Waals surface area (Å²) in [5.74, 6) is 0.669. The molecular weight excluding hydrogens is 576 g/mol. The number of carbonyl (C=O) groups is 1. The van der Waals surface area contributed by atoms with Gasteiger partial charge in [-0.1, -0.05) is 48.0 Å². The van der Waals surface area contributed by atoms with Gasteiger partial charge in [-0.3, -0.25) is 4.79 Å². The van der Waals surface area contributed by atoms with E-state index >= 15 is 0 Å². The summed E-state index contributed by atoms with van der Waals surface area (Å²) in [7, 11) is -1.29. The number of hydrogen-bond acceptors (Lipinski definition) is 6. The molecule has 9 heteroatoms. The highest BCUT2D eigenvalue weighted by Gasteiger charge is 2.32. The fourth-order valence-electron chi connectivity index (χ4n) is 5.58. The molecule has 41 heavy (non-hydrogen) atoms. The number of carbonyl (C=O) groups excluding carboxylic acids is 1. The van der Waals surface area contributed by atoms with Gasteiger partial charge in [-0.05, 0) is 81.1 Å². The Morgan fingerprint density at radius 1 is 1.02 bits per heavy atom. The summed E-state index contributed by atoms with van der Waals surface area (Å²) < 4.78 is 30.9. The highest BCUT2D eigenvalue weighted by Crippen LogP contribution is 2.38. The fraction of sp³-hybridized carbons (Fsp3) is 0.344. The summed E-state index contributed by atoms with van der Waals surface area (Å²) in [5, 5.41) is 4.79. The molecule has 0 aliphatic heterocycles. The van der Waals surface area contributed by atoms with Gasteiger partial charge in [-0.2, -0.15) is 0 Å². The van der Waals surface area contributed by atoms with E-state index in [0.29, 0.717) is 29.1 Å². The van der Waals surface area contributed by atoms with Crippen molar-refractivity contribution in [2.45, 2.75) is 56.1 Å². The molecule has 1 aliphatic rings. The van der Waals surface area contributed by atoms with Crippen molar-refractivity contribution in [3.8, 4) is 16.9 Å². The van der Waals surface area contributed by atoms with E-state index in [2.05, 4.69) is 5.32 Å². The maximum Gasteiger partial charge on any atom is 0.266 e. The molecule has 0 bridgehead atoms. The molecule has 0 atom stereocenters. The molecule has 1 saturated carbocycles. The van der Waals surface area contributed by atoms with Crippen molar-refractivity contribution in [3.05, 3.63) is 82.2 Å². The summed E-state index contributed by atoms with van der Waals surface area (Å²) in [4.78, 5) is 17.1. The van der Waals surface area contributed by atoms with E-state index in [-0.39, 0.29) is 16.8 Å². The summed E-state index contributed by atoms with van der Waals surface area (Å²) >= 11 is 8.24. The molecule has 216 valence electrons. The lowest BCUT2D eigenvalue weighted by atomic mass is 9.89. The fourth-order valence-corrected chi connectivity index (χ4v) is 7.68. The normalized spacial score (nSPS) is 17.5. The maximum absolute atomic E-state index is 14.3. The number of rotatable bonds is 9. The zero-order valence-electron chi connectivity index (χ0n) is 23.5. The van der Waals surface area contributed by atoms with Crippen LogP contribution in [0.2, 0.25) is 5.02 Å². The highest BCUT2D eigenvalue weighted by atomic mass is 35.5. The lowest BCUT2D eigenvalue weighted by molar-refractivity contribution is 0.0604. The number of ether oxygens (including phenoxy) is 1. The van der Waals surface area contributed by atoms with E-state index in [1.807, 2.05) is 73.5 Å². The zero-order chi connectivity index (χ0) is 29.1. The number of fused-ring (bicyclic) bond motifs is 1. The van der Waals surface area contributed by atoms with Gasteiger partial charge in [0.05, 0.1) is 16.5 Å². The van der Waals surface area contributed by atoms with Crippen LogP contribution in [0.15, 0.2) is 71.6 Å². The van der Waals surface area contributed by atoms with Crippen LogP contribution in [0.5, 0.6) is 5.75 Å². The maximum atomic E-state index is 14.3. The molecule has 0 spiro atoms. The number of halogens is 1. The van der Waals surface area contributed by atoms with Crippen molar-refractivity contribution < 1.29 is 17.9 Å². The Hall–Kier alpha value is -2.91. The summed E-state index contributed by atoms with van der Waals surface area (Å²) in [6.45, 7) is 2.82. The van der Waals surface area contributed by atoms with Crippen LogP contribution in [-0.4, -0.2) is 51.2 Å². The predicted octanol–water partition coefficient (Wildman–Crippen LogP) is 7.20. The van der Waals surface area contributed by atoms with Gasteiger partial charge >= 0.3 is 0 Å². The zero-order valence-corrected chi connectivity index (χ0v) is 25.9. The third kappa shape index (κ3) is 6.46. The van der Waals surface area contributed by atoms with Gasteiger partial charge in [0.15, 0.2) is 9.84 Å². The molecule has 5 rings (SSSR count). The molecule has 3 aromatic carbocycles. The Labute approximate surface area is 251 Å². The second kappa shape index (κ2) is 12.5. The van der Waals surface area contributed by atoms with E-state index in [0.717, 1.165) is 58.2 Å². The number of amides is 1. The molecule has 0 saturated heterocycles. The van der Waals surface area contributed by atoms with Crippen LogP contribution in [0.4, 0.5) is 0 Å². The second-order valence-corrected chi connectivity index (χ2v) is 14.0. The van der Waals surface area contributed by atoms with Gasteiger partial charge in [-0.15, -0.1) is 11.3 Å². The van der Waals surface area contributed by atoms with E-state index in [9.17, 15) is 13.2 Å². The van der Waals surface area contributed by atoms with Crippen LogP contribution in [0, 0.1) is 0 Å². The van der Waals surface area contributed by atoms with Crippen LogP contribution in [0.3, 0.4) is 0 Å². The number of thiophene rings is 1. The predicted molar refractivity (Wildman–Crippen MR) is 168 cm³/mol. The van der Waals surface area contributed by atoms with Crippen molar-refractivity contribution in [3.63, 3.8) is 0 Å². The highest BCUT2D eigenvalue weighted by molar-refractivity contribution is 7.90. The summed E-state index contributed by atoms with van der Waals surface area (Å²) in [5.41, 5.74) is 2.72. The number of nitrogens with zero attached hydrogens (tertiary/aromatic N) is 1. The quantitative estimate of drug-likeness (QED) is 0.217. The molecule has 0 radical (unpaired) electrons. The van der Waals surface area contributed by atoms with Gasteiger partial charge in [-0.25, -0.2) is 8.42 Å². The molecule has 0 unspecified atom stereocenters. The van der Waals surface area contributed by atoms with Gasteiger partial charge in [0.2, 0.25) is 0 Å². The standard InChI is InChI=1S/C32H35ClN2O4S2/c1-4-39-28-18-11-22(21-9-16-26(17-10-21)41(3,37)38)19-23(28)20-35(25-14-12-24(34-2)13-15-25)32(36)31-30(33)27-7-5-6-8-29(27)40-31/h5-11,16-19,24-25,34H,4,12-15,20H2,1-3H3. The average Bonchev–Trinajstić information content (AvgIpc) is 3.32. The van der Waals surface area contributed by atoms with Crippen molar-refractivity contribution >= 4 is 48.8 Å². The Morgan fingerprint density at radius 2 is 1.71 bits per heavy atom. The van der Waals surface area contributed by atoms with Gasteiger partial charge in [0.1, 0.15) is 10.6 Å². The Morgan fingerprint density at radius 3 is 2.34 bits per heavy atom. The van der Waals surface area contributed by atoms with E-state index in [1.54, 1.807) is 12.1 Å². The molecule has 1 fully saturated rings. The lowest BCUT2D eigenvalue weighted by Gasteiger charge is -2.37. The average molecular weight is 611 g/mol. The molecule has 4 aromatic rings. The number of sulfone groups is 1. The van der Waals surface area contributed by atoms with Crippen LogP contribution in [0.25, 0.3) is 21.2 Å².